The first-order valence-corrected chi connectivity index (χ1v) is 8.16. The van der Waals surface area contributed by atoms with Gasteiger partial charge in [-0.05, 0) is 40.7 Å². The number of nitrogens with one attached hydrogen (secondary N) is 1. The van der Waals surface area contributed by atoms with Gasteiger partial charge in [-0.2, -0.15) is 0 Å². The standard InChI is InChI=1S/C18H34N2O/c1-8-11-19-16-15(14-20(12-9-2)13-10-3)17(4,5)21-18(16,6)7/h9-10,15-16,19H,2-3,8,11-14H2,1,4-7H3. The van der Waals surface area contributed by atoms with E-state index in [0.717, 1.165) is 32.6 Å². The van der Waals surface area contributed by atoms with Crippen molar-refractivity contribution in [1.29, 1.82) is 0 Å². The molecule has 1 N–H and O–H groups in total. The molecule has 122 valence electrons. The van der Waals surface area contributed by atoms with Crippen molar-refractivity contribution in [3.05, 3.63) is 25.3 Å². The minimum atomic E-state index is -0.142. The highest BCUT2D eigenvalue weighted by Gasteiger charge is 2.53. The molecule has 1 saturated heterocycles. The molecule has 0 aromatic carbocycles. The van der Waals surface area contributed by atoms with E-state index in [0.29, 0.717) is 12.0 Å². The molecule has 0 aliphatic carbocycles. The van der Waals surface area contributed by atoms with E-state index in [-0.39, 0.29) is 11.2 Å². The molecule has 2 atom stereocenters. The van der Waals surface area contributed by atoms with Gasteiger partial charge in [0.15, 0.2) is 0 Å². The highest BCUT2D eigenvalue weighted by molar-refractivity contribution is 5.06. The van der Waals surface area contributed by atoms with Gasteiger partial charge in [-0.3, -0.25) is 4.90 Å². The van der Waals surface area contributed by atoms with Crippen LogP contribution in [0, 0.1) is 5.92 Å². The first-order chi connectivity index (χ1) is 9.78. The topological polar surface area (TPSA) is 24.5 Å². The van der Waals surface area contributed by atoms with Crippen LogP contribution < -0.4 is 5.32 Å². The molecule has 1 aliphatic rings. The van der Waals surface area contributed by atoms with E-state index in [1.807, 2.05) is 12.2 Å². The fraction of sp³-hybridized carbons (Fsp3) is 0.778. The van der Waals surface area contributed by atoms with Gasteiger partial charge in [0.2, 0.25) is 0 Å². The fourth-order valence-electron chi connectivity index (χ4n) is 3.58. The molecule has 0 saturated carbocycles. The molecule has 0 bridgehead atoms. The second kappa shape index (κ2) is 7.57. The van der Waals surface area contributed by atoms with Gasteiger partial charge in [-0.1, -0.05) is 19.1 Å². The Hall–Kier alpha value is -0.640. The van der Waals surface area contributed by atoms with Gasteiger partial charge in [-0.25, -0.2) is 0 Å². The Bertz CT molecular complexity index is 339. The zero-order valence-electron chi connectivity index (χ0n) is 14.6. The van der Waals surface area contributed by atoms with Gasteiger partial charge in [0.25, 0.3) is 0 Å². The van der Waals surface area contributed by atoms with E-state index in [1.165, 1.54) is 0 Å². The van der Waals surface area contributed by atoms with E-state index >= 15 is 0 Å². The van der Waals surface area contributed by atoms with Gasteiger partial charge < -0.3 is 10.1 Å². The quantitative estimate of drug-likeness (QED) is 0.661. The zero-order chi connectivity index (χ0) is 16.1. The summed E-state index contributed by atoms with van der Waals surface area (Å²) in [5.74, 6) is 0.443. The minimum absolute atomic E-state index is 0.129. The van der Waals surface area contributed by atoms with Gasteiger partial charge in [0.1, 0.15) is 0 Å². The maximum absolute atomic E-state index is 6.37. The normalized spacial score (nSPS) is 27.0. The summed E-state index contributed by atoms with van der Waals surface area (Å²) in [5.41, 5.74) is -0.271. The number of ether oxygens (including phenoxy) is 1. The van der Waals surface area contributed by atoms with Crippen molar-refractivity contribution in [2.45, 2.75) is 58.3 Å². The zero-order valence-corrected chi connectivity index (χ0v) is 14.6. The van der Waals surface area contributed by atoms with E-state index in [9.17, 15) is 0 Å². The van der Waals surface area contributed by atoms with Crippen LogP contribution in [0.15, 0.2) is 25.3 Å². The van der Waals surface area contributed by atoms with Crippen LogP contribution in [0.25, 0.3) is 0 Å². The SMILES string of the molecule is C=CCN(CC=C)CC1C(NCCC)C(C)(C)OC1(C)C. The van der Waals surface area contributed by atoms with Crippen molar-refractivity contribution in [3.63, 3.8) is 0 Å². The van der Waals surface area contributed by atoms with E-state index < -0.39 is 0 Å². The molecule has 21 heavy (non-hydrogen) atoms. The first-order valence-electron chi connectivity index (χ1n) is 8.16. The first kappa shape index (κ1) is 18.4. The summed E-state index contributed by atoms with van der Waals surface area (Å²) in [4.78, 5) is 2.39. The number of nitrogens with zero attached hydrogens (tertiary/aromatic N) is 1. The van der Waals surface area contributed by atoms with Gasteiger partial charge in [0, 0.05) is 31.6 Å². The summed E-state index contributed by atoms with van der Waals surface area (Å²) < 4.78 is 6.37. The third kappa shape index (κ3) is 4.67. The summed E-state index contributed by atoms with van der Waals surface area (Å²) in [6.45, 7) is 22.6. The summed E-state index contributed by atoms with van der Waals surface area (Å²) in [5, 5.41) is 3.71. The van der Waals surface area contributed by atoms with Crippen molar-refractivity contribution in [2.75, 3.05) is 26.2 Å². The Morgan fingerprint density at radius 1 is 1.10 bits per heavy atom. The smallest absolute Gasteiger partial charge is 0.0790 e. The highest BCUT2D eigenvalue weighted by atomic mass is 16.5. The molecule has 0 aromatic rings. The largest absolute Gasteiger partial charge is 0.368 e. The molecule has 0 aromatic heterocycles. The van der Waals surface area contributed by atoms with Crippen LogP contribution in [0.2, 0.25) is 0 Å². The molecule has 3 heteroatoms. The summed E-state index contributed by atoms with van der Waals surface area (Å²) >= 11 is 0. The molecular formula is C18H34N2O. The minimum Gasteiger partial charge on any atom is -0.368 e. The third-order valence-corrected chi connectivity index (χ3v) is 4.41. The Morgan fingerprint density at radius 2 is 1.67 bits per heavy atom. The Kier molecular flexibility index (Phi) is 6.64. The van der Waals surface area contributed by atoms with Gasteiger partial charge >= 0.3 is 0 Å². The van der Waals surface area contributed by atoms with E-state index in [1.54, 1.807) is 0 Å². The molecule has 2 unspecified atom stereocenters. The fourth-order valence-corrected chi connectivity index (χ4v) is 3.58. The van der Waals surface area contributed by atoms with Crippen molar-refractivity contribution < 1.29 is 4.74 Å². The monoisotopic (exact) mass is 294 g/mol. The third-order valence-electron chi connectivity index (χ3n) is 4.41. The summed E-state index contributed by atoms with van der Waals surface area (Å²) in [6.07, 6.45) is 5.07. The average Bonchev–Trinajstić information content (AvgIpc) is 2.53. The van der Waals surface area contributed by atoms with E-state index in [4.69, 9.17) is 4.74 Å². The van der Waals surface area contributed by atoms with Gasteiger partial charge in [0.05, 0.1) is 11.2 Å². The number of hydrogen-bond donors (Lipinski definition) is 1. The molecular weight excluding hydrogens is 260 g/mol. The average molecular weight is 294 g/mol. The van der Waals surface area contributed by atoms with Crippen LogP contribution in [0.3, 0.4) is 0 Å². The van der Waals surface area contributed by atoms with Crippen molar-refractivity contribution in [3.8, 4) is 0 Å². The molecule has 1 aliphatic heterocycles. The molecule has 1 heterocycles. The molecule has 1 fully saturated rings. The second-order valence-corrected chi connectivity index (χ2v) is 7.14. The molecule has 0 spiro atoms. The Balaban J connectivity index is 2.90. The maximum Gasteiger partial charge on any atom is 0.0790 e. The van der Waals surface area contributed by atoms with Gasteiger partial charge in [-0.15, -0.1) is 13.2 Å². The lowest BCUT2D eigenvalue weighted by Gasteiger charge is -2.34. The Morgan fingerprint density at radius 3 is 2.14 bits per heavy atom. The lowest BCUT2D eigenvalue weighted by atomic mass is 9.82. The van der Waals surface area contributed by atoms with Crippen LogP contribution in [-0.4, -0.2) is 48.3 Å². The van der Waals surface area contributed by atoms with Crippen molar-refractivity contribution in [2.24, 2.45) is 5.92 Å². The Labute approximate surface area is 131 Å². The summed E-state index contributed by atoms with van der Waals surface area (Å²) in [6, 6.07) is 0.365. The lowest BCUT2D eigenvalue weighted by molar-refractivity contribution is -0.0793. The van der Waals surface area contributed by atoms with Crippen LogP contribution in [0.5, 0.6) is 0 Å². The lowest BCUT2D eigenvalue weighted by Crippen LogP contribution is -2.51. The molecule has 0 amide bonds. The van der Waals surface area contributed by atoms with Crippen LogP contribution >= 0.6 is 0 Å². The number of hydrogen-bond acceptors (Lipinski definition) is 3. The molecule has 3 nitrogen and oxygen atoms in total. The van der Waals surface area contributed by atoms with Crippen molar-refractivity contribution in [1.82, 2.24) is 10.2 Å². The highest BCUT2D eigenvalue weighted by Crippen LogP contribution is 2.42. The summed E-state index contributed by atoms with van der Waals surface area (Å²) in [7, 11) is 0. The van der Waals surface area contributed by atoms with Crippen molar-refractivity contribution >= 4 is 0 Å². The predicted octanol–water partition coefficient (Wildman–Crippen LogP) is 3.23. The molecule has 1 rings (SSSR count). The molecule has 0 radical (unpaired) electrons. The van der Waals surface area contributed by atoms with E-state index in [2.05, 4.69) is 58.0 Å². The second-order valence-electron chi connectivity index (χ2n) is 7.14. The predicted molar refractivity (Wildman–Crippen MR) is 91.6 cm³/mol. The van der Waals surface area contributed by atoms with Crippen LogP contribution in [0.4, 0.5) is 0 Å². The van der Waals surface area contributed by atoms with Crippen LogP contribution in [0.1, 0.15) is 41.0 Å². The maximum atomic E-state index is 6.37. The van der Waals surface area contributed by atoms with Crippen LogP contribution in [-0.2, 0) is 4.74 Å². The number of rotatable bonds is 9.